The van der Waals surface area contributed by atoms with Crippen molar-refractivity contribution in [2.45, 2.75) is 31.1 Å². The van der Waals surface area contributed by atoms with E-state index in [9.17, 15) is 9.59 Å². The largest absolute Gasteiger partial charge is 0.497 e. The molecule has 148 valence electrons. The number of hydrogen-bond donors (Lipinski definition) is 2. The highest BCUT2D eigenvalue weighted by molar-refractivity contribution is 7.99. The van der Waals surface area contributed by atoms with Gasteiger partial charge in [0.2, 0.25) is 5.91 Å². The van der Waals surface area contributed by atoms with Crippen molar-refractivity contribution < 1.29 is 19.1 Å². The lowest BCUT2D eigenvalue weighted by Gasteiger charge is -2.14. The van der Waals surface area contributed by atoms with E-state index in [-0.39, 0.29) is 11.8 Å². The van der Waals surface area contributed by atoms with Gasteiger partial charge < -0.3 is 20.1 Å². The van der Waals surface area contributed by atoms with Crippen LogP contribution in [0.5, 0.6) is 11.5 Å². The smallest absolute Gasteiger partial charge is 0.255 e. The molecule has 2 aromatic carbocycles. The lowest BCUT2D eigenvalue weighted by molar-refractivity contribution is -0.115. The zero-order chi connectivity index (χ0) is 19.9. The van der Waals surface area contributed by atoms with Gasteiger partial charge in [-0.05, 0) is 36.8 Å². The van der Waals surface area contributed by atoms with Gasteiger partial charge in [-0.1, -0.05) is 13.3 Å². The van der Waals surface area contributed by atoms with Gasteiger partial charge in [-0.15, -0.1) is 11.8 Å². The summed E-state index contributed by atoms with van der Waals surface area (Å²) in [5.74, 6) is 1.64. The zero-order valence-corrected chi connectivity index (χ0v) is 16.9. The van der Waals surface area contributed by atoms with Crippen LogP contribution < -0.4 is 20.1 Å². The van der Waals surface area contributed by atoms with Crippen LogP contribution in [-0.4, -0.2) is 31.3 Å². The average Bonchev–Trinajstić information content (AvgIpc) is 2.88. The minimum absolute atomic E-state index is 0.0387. The molecule has 2 amide bonds. The van der Waals surface area contributed by atoms with Crippen LogP contribution in [0.3, 0.4) is 0 Å². The monoisotopic (exact) mass is 400 g/mol. The maximum Gasteiger partial charge on any atom is 0.255 e. The van der Waals surface area contributed by atoms with Crippen molar-refractivity contribution in [3.8, 4) is 11.5 Å². The number of methoxy groups -OCH3 is 1. The van der Waals surface area contributed by atoms with Crippen molar-refractivity contribution in [3.63, 3.8) is 0 Å². The molecule has 2 N–H and O–H groups in total. The molecule has 1 aliphatic rings. The highest BCUT2D eigenvalue weighted by Crippen LogP contribution is 2.33. The molecule has 0 fully saturated rings. The Balaban J connectivity index is 1.81. The Kier molecular flexibility index (Phi) is 6.81. The quantitative estimate of drug-likeness (QED) is 0.666. The highest BCUT2D eigenvalue weighted by Gasteiger charge is 2.17. The molecule has 6 nitrogen and oxygen atoms in total. The van der Waals surface area contributed by atoms with Crippen LogP contribution in [0.15, 0.2) is 41.3 Å². The van der Waals surface area contributed by atoms with Gasteiger partial charge >= 0.3 is 0 Å². The standard InChI is InChI=1S/C21H24N2O4S/c1-3-4-10-27-18-7-6-15(26-2)13-16(18)23-21(25)14-5-8-19-17(12-14)22-20(24)9-11-28-19/h5-8,12-13H,3-4,9-11H2,1-2H3,(H,22,24)(H,23,25). The van der Waals surface area contributed by atoms with E-state index in [4.69, 9.17) is 9.47 Å². The molecule has 1 heterocycles. The number of fused-ring (bicyclic) bond motifs is 1. The number of amides is 2. The van der Waals surface area contributed by atoms with Gasteiger partial charge in [0.15, 0.2) is 0 Å². The van der Waals surface area contributed by atoms with Gasteiger partial charge in [0, 0.05) is 28.7 Å². The van der Waals surface area contributed by atoms with Crippen LogP contribution >= 0.6 is 11.8 Å². The fraction of sp³-hybridized carbons (Fsp3) is 0.333. The van der Waals surface area contributed by atoms with E-state index >= 15 is 0 Å². The van der Waals surface area contributed by atoms with E-state index in [0.29, 0.717) is 41.5 Å². The summed E-state index contributed by atoms with van der Waals surface area (Å²) in [6.45, 7) is 2.67. The number of benzene rings is 2. The van der Waals surface area contributed by atoms with Crippen molar-refractivity contribution in [2.24, 2.45) is 0 Å². The Morgan fingerprint density at radius 1 is 1.25 bits per heavy atom. The molecule has 0 atom stereocenters. The number of anilines is 2. The molecule has 0 saturated carbocycles. The van der Waals surface area contributed by atoms with Crippen molar-refractivity contribution in [1.82, 2.24) is 0 Å². The Labute approximate surface area is 169 Å². The number of nitrogens with one attached hydrogen (secondary N) is 2. The van der Waals surface area contributed by atoms with Gasteiger partial charge in [-0.3, -0.25) is 9.59 Å². The molecule has 3 rings (SSSR count). The van der Waals surface area contributed by atoms with Gasteiger partial charge in [-0.2, -0.15) is 0 Å². The fourth-order valence-corrected chi connectivity index (χ4v) is 3.68. The molecule has 1 aliphatic heterocycles. The minimum atomic E-state index is -0.278. The van der Waals surface area contributed by atoms with Crippen LogP contribution in [-0.2, 0) is 4.79 Å². The molecule has 0 aliphatic carbocycles. The summed E-state index contributed by atoms with van der Waals surface area (Å²) in [7, 11) is 1.57. The Bertz CT molecular complexity index is 869. The SMILES string of the molecule is CCCCOc1ccc(OC)cc1NC(=O)c1ccc2c(c1)NC(=O)CCS2. The van der Waals surface area contributed by atoms with Gasteiger partial charge in [0.05, 0.1) is 25.1 Å². The Morgan fingerprint density at radius 3 is 2.89 bits per heavy atom. The number of thioether (sulfide) groups is 1. The number of ether oxygens (including phenoxy) is 2. The van der Waals surface area contributed by atoms with E-state index in [1.807, 2.05) is 6.07 Å². The molecule has 0 radical (unpaired) electrons. The summed E-state index contributed by atoms with van der Waals surface area (Å²) in [6.07, 6.45) is 2.42. The second-order valence-electron chi connectivity index (χ2n) is 6.38. The summed E-state index contributed by atoms with van der Waals surface area (Å²) in [6, 6.07) is 10.7. The van der Waals surface area contributed by atoms with E-state index in [0.717, 1.165) is 23.5 Å². The Morgan fingerprint density at radius 2 is 2.11 bits per heavy atom. The molecule has 0 bridgehead atoms. The predicted octanol–water partition coefficient (Wildman–Crippen LogP) is 4.56. The first-order chi connectivity index (χ1) is 13.6. The summed E-state index contributed by atoms with van der Waals surface area (Å²) in [4.78, 5) is 25.6. The van der Waals surface area contributed by atoms with E-state index < -0.39 is 0 Å². The van der Waals surface area contributed by atoms with Crippen LogP contribution in [0.25, 0.3) is 0 Å². The highest BCUT2D eigenvalue weighted by atomic mass is 32.2. The predicted molar refractivity (Wildman–Crippen MR) is 112 cm³/mol. The number of carbonyl (C=O) groups is 2. The van der Waals surface area contributed by atoms with Crippen molar-refractivity contribution in [3.05, 3.63) is 42.0 Å². The first-order valence-electron chi connectivity index (χ1n) is 9.29. The summed E-state index contributed by atoms with van der Waals surface area (Å²) >= 11 is 1.60. The number of unbranched alkanes of at least 4 members (excludes halogenated alkanes) is 1. The van der Waals surface area contributed by atoms with Crippen LogP contribution in [0.1, 0.15) is 36.5 Å². The topological polar surface area (TPSA) is 76.7 Å². The second kappa shape index (κ2) is 9.50. The first-order valence-corrected chi connectivity index (χ1v) is 10.3. The van der Waals surface area contributed by atoms with Gasteiger partial charge in [-0.25, -0.2) is 0 Å². The third-order valence-corrected chi connectivity index (χ3v) is 5.37. The average molecular weight is 401 g/mol. The fourth-order valence-electron chi connectivity index (χ4n) is 2.74. The van der Waals surface area contributed by atoms with E-state index in [1.54, 1.807) is 49.2 Å². The molecule has 0 saturated heterocycles. The van der Waals surface area contributed by atoms with E-state index in [1.165, 1.54) is 0 Å². The van der Waals surface area contributed by atoms with Gasteiger partial charge in [0.1, 0.15) is 11.5 Å². The van der Waals surface area contributed by atoms with Crippen molar-refractivity contribution in [1.29, 1.82) is 0 Å². The van der Waals surface area contributed by atoms with Crippen LogP contribution in [0.2, 0.25) is 0 Å². The summed E-state index contributed by atoms with van der Waals surface area (Å²) in [5, 5.41) is 5.76. The number of rotatable bonds is 7. The lowest BCUT2D eigenvalue weighted by Crippen LogP contribution is -2.15. The molecule has 0 spiro atoms. The maximum atomic E-state index is 12.8. The van der Waals surface area contributed by atoms with Crippen LogP contribution in [0, 0.1) is 0 Å². The molecule has 7 heteroatoms. The second-order valence-corrected chi connectivity index (χ2v) is 7.51. The molecular weight excluding hydrogens is 376 g/mol. The van der Waals surface area contributed by atoms with Crippen molar-refractivity contribution >= 4 is 35.0 Å². The third kappa shape index (κ3) is 4.98. The number of carbonyl (C=O) groups excluding carboxylic acids is 2. The zero-order valence-electron chi connectivity index (χ0n) is 16.0. The lowest BCUT2D eigenvalue weighted by atomic mass is 10.1. The van der Waals surface area contributed by atoms with Crippen molar-refractivity contribution in [2.75, 3.05) is 30.1 Å². The summed E-state index contributed by atoms with van der Waals surface area (Å²) in [5.41, 5.74) is 1.68. The maximum absolute atomic E-state index is 12.8. The first kappa shape index (κ1) is 20.1. The van der Waals surface area contributed by atoms with Gasteiger partial charge in [0.25, 0.3) is 5.91 Å². The molecule has 2 aromatic rings. The molecule has 0 aromatic heterocycles. The van der Waals surface area contributed by atoms with Crippen LogP contribution in [0.4, 0.5) is 11.4 Å². The molecule has 28 heavy (non-hydrogen) atoms. The Hall–Kier alpha value is -2.67. The molecule has 0 unspecified atom stereocenters. The third-order valence-electron chi connectivity index (χ3n) is 4.29. The normalized spacial score (nSPS) is 13.1. The van der Waals surface area contributed by atoms with E-state index in [2.05, 4.69) is 17.6 Å². The minimum Gasteiger partial charge on any atom is -0.497 e. The number of hydrogen-bond acceptors (Lipinski definition) is 5. The molecular formula is C21H24N2O4S. The summed E-state index contributed by atoms with van der Waals surface area (Å²) < 4.78 is 11.1.